The van der Waals surface area contributed by atoms with Crippen LogP contribution in [-0.2, 0) is 4.79 Å². The fourth-order valence-corrected chi connectivity index (χ4v) is 1.92. The molecule has 20 heavy (non-hydrogen) atoms. The first-order valence-electron chi connectivity index (χ1n) is 7.40. The maximum Gasteiger partial charge on any atom is 0.315 e. The number of carbonyl (C=O) groups excluding carboxylic acids is 1. The average molecular weight is 287 g/mol. The van der Waals surface area contributed by atoms with Gasteiger partial charge in [-0.25, -0.2) is 4.79 Å². The highest BCUT2D eigenvalue weighted by Crippen LogP contribution is 2.04. The van der Waals surface area contributed by atoms with Crippen LogP contribution in [0.3, 0.4) is 0 Å². The molecule has 0 aromatic carbocycles. The van der Waals surface area contributed by atoms with E-state index in [1.165, 1.54) is 0 Å². The van der Waals surface area contributed by atoms with Gasteiger partial charge in [0.25, 0.3) is 0 Å². The number of urea groups is 1. The summed E-state index contributed by atoms with van der Waals surface area (Å²) in [7, 11) is 0. The molecule has 0 spiro atoms. The van der Waals surface area contributed by atoms with Crippen LogP contribution in [0.1, 0.15) is 40.5 Å². The van der Waals surface area contributed by atoms with Crippen LogP contribution in [0.5, 0.6) is 0 Å². The molecule has 6 heteroatoms. The van der Waals surface area contributed by atoms with Gasteiger partial charge >= 0.3 is 12.0 Å². The molecular weight excluding hydrogens is 258 g/mol. The van der Waals surface area contributed by atoms with E-state index in [9.17, 15) is 9.59 Å². The molecule has 0 rings (SSSR count). The number of carboxylic acid groups (broad SMARTS) is 1. The summed E-state index contributed by atoms with van der Waals surface area (Å²) in [4.78, 5) is 24.5. The van der Waals surface area contributed by atoms with Crippen molar-refractivity contribution in [2.45, 2.75) is 46.6 Å². The average Bonchev–Trinajstić information content (AvgIpc) is 2.40. The van der Waals surface area contributed by atoms with Gasteiger partial charge in [0.15, 0.2) is 0 Å². The molecule has 0 fully saturated rings. The molecule has 0 aliphatic heterocycles. The highest BCUT2D eigenvalue weighted by atomic mass is 16.4. The Labute approximate surface area is 121 Å². The summed E-state index contributed by atoms with van der Waals surface area (Å²) in [6.07, 6.45) is 1.25. The fraction of sp³-hybridized carbons (Fsp3) is 0.857. The van der Waals surface area contributed by atoms with Crippen molar-refractivity contribution in [3.05, 3.63) is 0 Å². The van der Waals surface area contributed by atoms with Crippen LogP contribution in [0.25, 0.3) is 0 Å². The predicted octanol–water partition coefficient (Wildman–Crippen LogP) is 1.52. The Hall–Kier alpha value is -1.30. The highest BCUT2D eigenvalue weighted by molar-refractivity contribution is 5.74. The lowest BCUT2D eigenvalue weighted by Gasteiger charge is -2.23. The predicted molar refractivity (Wildman–Crippen MR) is 79.8 cm³/mol. The molecule has 0 saturated carbocycles. The molecule has 2 amide bonds. The zero-order valence-electron chi connectivity index (χ0n) is 13.1. The highest BCUT2D eigenvalue weighted by Gasteiger charge is 2.11. The monoisotopic (exact) mass is 287 g/mol. The summed E-state index contributed by atoms with van der Waals surface area (Å²) in [6, 6.07) is -0.0968. The minimum absolute atomic E-state index is 0.0906. The molecule has 0 saturated heterocycles. The van der Waals surface area contributed by atoms with Crippen molar-refractivity contribution < 1.29 is 14.7 Å². The van der Waals surface area contributed by atoms with E-state index in [-0.39, 0.29) is 18.0 Å². The number of hydrogen-bond acceptors (Lipinski definition) is 3. The largest absolute Gasteiger partial charge is 0.481 e. The fourth-order valence-electron chi connectivity index (χ4n) is 1.92. The van der Waals surface area contributed by atoms with Gasteiger partial charge in [0, 0.05) is 19.1 Å². The SMILES string of the molecule is CCN(CC)CC(C)NC(=O)NCCCC(C)C(=O)O. The maximum atomic E-state index is 11.6. The second kappa shape index (κ2) is 10.5. The van der Waals surface area contributed by atoms with Gasteiger partial charge in [0.1, 0.15) is 0 Å². The van der Waals surface area contributed by atoms with Crippen molar-refractivity contribution in [2.75, 3.05) is 26.2 Å². The Morgan fingerprint density at radius 2 is 1.80 bits per heavy atom. The van der Waals surface area contributed by atoms with Gasteiger partial charge in [-0.05, 0) is 32.9 Å². The van der Waals surface area contributed by atoms with E-state index in [1.54, 1.807) is 6.92 Å². The van der Waals surface area contributed by atoms with E-state index in [0.29, 0.717) is 19.4 Å². The molecule has 0 aliphatic carbocycles. The van der Waals surface area contributed by atoms with Gasteiger partial charge in [-0.2, -0.15) is 0 Å². The molecule has 3 N–H and O–H groups in total. The lowest BCUT2D eigenvalue weighted by Crippen LogP contribution is -2.46. The van der Waals surface area contributed by atoms with Gasteiger partial charge in [0.2, 0.25) is 0 Å². The van der Waals surface area contributed by atoms with E-state index in [2.05, 4.69) is 29.4 Å². The minimum Gasteiger partial charge on any atom is -0.481 e. The Morgan fingerprint density at radius 1 is 1.20 bits per heavy atom. The Morgan fingerprint density at radius 3 is 2.30 bits per heavy atom. The Bertz CT molecular complexity index is 293. The van der Waals surface area contributed by atoms with Crippen molar-refractivity contribution in [3.8, 4) is 0 Å². The Balaban J connectivity index is 3.75. The first-order chi connectivity index (χ1) is 9.40. The number of nitrogens with one attached hydrogen (secondary N) is 2. The van der Waals surface area contributed by atoms with Gasteiger partial charge in [-0.1, -0.05) is 20.8 Å². The molecule has 2 unspecified atom stereocenters. The van der Waals surface area contributed by atoms with Crippen LogP contribution in [0.15, 0.2) is 0 Å². The summed E-state index contributed by atoms with van der Waals surface area (Å²) in [5, 5.41) is 14.4. The Kier molecular flexibility index (Phi) is 9.80. The number of rotatable bonds is 10. The molecule has 118 valence electrons. The topological polar surface area (TPSA) is 81.7 Å². The number of carbonyl (C=O) groups is 2. The summed E-state index contributed by atoms with van der Waals surface area (Å²) in [6.45, 7) is 11.1. The molecule has 0 aliphatic rings. The number of nitrogens with zero attached hydrogens (tertiary/aromatic N) is 1. The minimum atomic E-state index is -0.790. The first-order valence-corrected chi connectivity index (χ1v) is 7.40. The third kappa shape index (κ3) is 8.74. The first kappa shape index (κ1) is 18.7. The van der Waals surface area contributed by atoms with Crippen molar-refractivity contribution in [1.82, 2.24) is 15.5 Å². The normalized spacial score (nSPS) is 13.8. The zero-order valence-corrected chi connectivity index (χ0v) is 13.1. The van der Waals surface area contributed by atoms with Crippen molar-refractivity contribution in [1.29, 1.82) is 0 Å². The summed E-state index contributed by atoms with van der Waals surface area (Å²) < 4.78 is 0. The van der Waals surface area contributed by atoms with E-state index in [4.69, 9.17) is 5.11 Å². The standard InChI is InChI=1S/C14H29N3O3/c1-5-17(6-2)10-12(4)16-14(20)15-9-7-8-11(3)13(18)19/h11-12H,5-10H2,1-4H3,(H,18,19)(H2,15,16,20). The zero-order chi connectivity index (χ0) is 15.5. The van der Waals surface area contributed by atoms with Gasteiger partial charge in [-0.15, -0.1) is 0 Å². The number of aliphatic carboxylic acids is 1. The third-order valence-corrected chi connectivity index (χ3v) is 3.33. The smallest absolute Gasteiger partial charge is 0.315 e. The van der Waals surface area contributed by atoms with Crippen LogP contribution in [-0.4, -0.2) is 54.2 Å². The number of likely N-dealkylation sites (N-methyl/N-ethyl adjacent to an activating group) is 1. The molecule has 2 atom stereocenters. The van der Waals surface area contributed by atoms with Crippen molar-refractivity contribution in [2.24, 2.45) is 5.92 Å². The molecule has 6 nitrogen and oxygen atoms in total. The molecular formula is C14H29N3O3. The summed E-state index contributed by atoms with van der Waals surface area (Å²) >= 11 is 0. The number of hydrogen-bond donors (Lipinski definition) is 3. The molecule has 0 bridgehead atoms. The van der Waals surface area contributed by atoms with E-state index >= 15 is 0 Å². The van der Waals surface area contributed by atoms with E-state index < -0.39 is 5.97 Å². The van der Waals surface area contributed by atoms with Crippen LogP contribution in [0, 0.1) is 5.92 Å². The van der Waals surface area contributed by atoms with Gasteiger partial charge in [0.05, 0.1) is 5.92 Å². The van der Waals surface area contributed by atoms with E-state index in [0.717, 1.165) is 19.6 Å². The van der Waals surface area contributed by atoms with Crippen LogP contribution >= 0.6 is 0 Å². The number of amides is 2. The van der Waals surface area contributed by atoms with Crippen molar-refractivity contribution in [3.63, 3.8) is 0 Å². The third-order valence-electron chi connectivity index (χ3n) is 3.33. The second-order valence-electron chi connectivity index (χ2n) is 5.17. The second-order valence-corrected chi connectivity index (χ2v) is 5.17. The molecule has 0 aromatic rings. The molecule has 0 radical (unpaired) electrons. The van der Waals surface area contributed by atoms with Crippen LogP contribution in [0.2, 0.25) is 0 Å². The summed E-state index contributed by atoms with van der Waals surface area (Å²) in [5.74, 6) is -1.15. The quantitative estimate of drug-likeness (QED) is 0.532. The molecule has 0 aromatic heterocycles. The van der Waals surface area contributed by atoms with E-state index in [1.807, 2.05) is 6.92 Å². The number of carboxylic acids is 1. The lowest BCUT2D eigenvalue weighted by atomic mass is 10.1. The van der Waals surface area contributed by atoms with Crippen LogP contribution in [0.4, 0.5) is 4.79 Å². The summed E-state index contributed by atoms with van der Waals surface area (Å²) in [5.41, 5.74) is 0. The lowest BCUT2D eigenvalue weighted by molar-refractivity contribution is -0.141. The maximum absolute atomic E-state index is 11.6. The molecule has 0 heterocycles. The van der Waals surface area contributed by atoms with Crippen molar-refractivity contribution >= 4 is 12.0 Å². The van der Waals surface area contributed by atoms with Crippen LogP contribution < -0.4 is 10.6 Å². The van der Waals surface area contributed by atoms with Gasteiger partial charge < -0.3 is 20.6 Å². The van der Waals surface area contributed by atoms with Gasteiger partial charge in [-0.3, -0.25) is 4.79 Å².